The van der Waals surface area contributed by atoms with Crippen LogP contribution in [0.5, 0.6) is 0 Å². The van der Waals surface area contributed by atoms with E-state index in [1.165, 1.54) is 0 Å². The molecule has 0 bridgehead atoms. The number of carbonyl (C=O) groups excluding carboxylic acids is 3. The number of ether oxygens (including phenoxy) is 1. The van der Waals surface area contributed by atoms with Crippen LogP contribution in [0.1, 0.15) is 72.1 Å². The van der Waals surface area contributed by atoms with Crippen molar-refractivity contribution in [2.45, 2.75) is 78.6 Å². The summed E-state index contributed by atoms with van der Waals surface area (Å²) in [7, 11) is 0. The highest BCUT2D eigenvalue weighted by Gasteiger charge is 2.40. The largest absolute Gasteiger partial charge is 0.444 e. The number of amides is 3. The molecule has 7 nitrogen and oxygen atoms in total. The fourth-order valence-corrected chi connectivity index (χ4v) is 4.67. The van der Waals surface area contributed by atoms with E-state index in [0.29, 0.717) is 23.2 Å². The van der Waals surface area contributed by atoms with Crippen molar-refractivity contribution in [3.63, 3.8) is 0 Å². The molecule has 0 aliphatic carbocycles. The summed E-state index contributed by atoms with van der Waals surface area (Å²) in [4.78, 5) is 42.9. The number of fused-ring (bicyclic) bond motifs is 1. The van der Waals surface area contributed by atoms with Gasteiger partial charge in [-0.25, -0.2) is 4.79 Å². The molecule has 3 atom stereocenters. The zero-order chi connectivity index (χ0) is 30.3. The summed E-state index contributed by atoms with van der Waals surface area (Å²) in [6.45, 7) is 12.8. The summed E-state index contributed by atoms with van der Waals surface area (Å²) in [6, 6.07) is 18.3. The Hall–Kier alpha value is -4.31. The smallest absolute Gasteiger partial charge is 0.408 e. The molecule has 2 N–H and O–H groups in total. The van der Waals surface area contributed by atoms with Crippen LogP contribution in [-0.4, -0.2) is 40.5 Å². The van der Waals surface area contributed by atoms with Gasteiger partial charge in [-0.3, -0.25) is 9.59 Å². The van der Waals surface area contributed by atoms with Gasteiger partial charge in [-0.1, -0.05) is 75.2 Å². The van der Waals surface area contributed by atoms with Crippen molar-refractivity contribution >= 4 is 34.4 Å². The number of hydrogen-bond donors (Lipinski definition) is 2. The Balaban J connectivity index is 2.09. The van der Waals surface area contributed by atoms with Crippen molar-refractivity contribution in [1.82, 2.24) is 10.2 Å². The van der Waals surface area contributed by atoms with Gasteiger partial charge in [0.1, 0.15) is 17.7 Å². The maximum atomic E-state index is 14.4. The van der Waals surface area contributed by atoms with Crippen molar-refractivity contribution in [2.75, 3.05) is 5.32 Å². The topological polar surface area (TPSA) is 87.7 Å². The number of alkyl carbamates (subject to hydrolysis) is 1. The Bertz CT molecular complexity index is 1430. The lowest BCUT2D eigenvalue weighted by Gasteiger charge is -2.39. The zero-order valence-electron chi connectivity index (χ0n) is 25.0. The number of anilines is 1. The minimum atomic E-state index is -1.06. The highest BCUT2D eigenvalue weighted by Crippen LogP contribution is 2.31. The molecule has 0 fully saturated rings. The monoisotopic (exact) mass is 555 g/mol. The second-order valence-corrected chi connectivity index (χ2v) is 11.6. The first-order valence-electron chi connectivity index (χ1n) is 14.0. The van der Waals surface area contributed by atoms with Crippen molar-refractivity contribution in [3.05, 3.63) is 77.9 Å². The zero-order valence-corrected chi connectivity index (χ0v) is 25.0. The van der Waals surface area contributed by atoms with Crippen LogP contribution in [0.2, 0.25) is 0 Å². The predicted molar refractivity (Wildman–Crippen MR) is 164 cm³/mol. The molecule has 3 aromatic carbocycles. The molecule has 216 valence electrons. The molecule has 0 saturated carbocycles. The third kappa shape index (κ3) is 7.88. The van der Waals surface area contributed by atoms with Gasteiger partial charge in [-0.2, -0.15) is 0 Å². The van der Waals surface area contributed by atoms with Crippen LogP contribution < -0.4 is 10.6 Å². The van der Waals surface area contributed by atoms with Gasteiger partial charge >= 0.3 is 6.09 Å². The van der Waals surface area contributed by atoms with E-state index in [2.05, 4.69) is 16.6 Å². The Morgan fingerprint density at radius 2 is 1.59 bits per heavy atom. The SMILES string of the molecule is C#Cc1ccccc1C(C(=O)Nc1ccc2ccccc2c1)N(C(=O)C(NC(=O)OC(C)(C)C)C(C)C)C(C)CC. The van der Waals surface area contributed by atoms with Gasteiger partial charge in [0.25, 0.3) is 5.91 Å². The standard InChI is InChI=1S/C34H41N3O4/c1-9-23(5)37(32(39)29(22(3)4)36-33(40)41-34(6,7)8)30(28-18-14-13-15-24(28)10-2)31(38)35-27-20-19-25-16-11-12-17-26(25)21-27/h2,11-23,29-30H,9H2,1,3-8H3,(H,35,38)(H,36,40). The van der Waals surface area contributed by atoms with Crippen molar-refractivity contribution in [2.24, 2.45) is 5.92 Å². The number of rotatable bonds is 9. The van der Waals surface area contributed by atoms with Crippen LogP contribution in [0.15, 0.2) is 66.7 Å². The van der Waals surface area contributed by atoms with E-state index in [1.54, 1.807) is 49.9 Å². The summed E-state index contributed by atoms with van der Waals surface area (Å²) in [5, 5.41) is 7.80. The number of hydrogen-bond acceptors (Lipinski definition) is 4. The van der Waals surface area contributed by atoms with Crippen LogP contribution in [0.4, 0.5) is 10.5 Å². The van der Waals surface area contributed by atoms with Crippen LogP contribution >= 0.6 is 0 Å². The van der Waals surface area contributed by atoms with Crippen LogP contribution in [-0.2, 0) is 14.3 Å². The lowest BCUT2D eigenvalue weighted by molar-refractivity contribution is -0.144. The fraction of sp³-hybridized carbons (Fsp3) is 0.382. The van der Waals surface area contributed by atoms with Gasteiger partial charge < -0.3 is 20.3 Å². The molecule has 0 spiro atoms. The van der Waals surface area contributed by atoms with Gasteiger partial charge in [0.2, 0.25) is 5.91 Å². The first-order chi connectivity index (χ1) is 19.4. The molecular formula is C34H41N3O4. The second-order valence-electron chi connectivity index (χ2n) is 11.6. The van der Waals surface area contributed by atoms with Crippen LogP contribution in [0.25, 0.3) is 10.8 Å². The van der Waals surface area contributed by atoms with Gasteiger partial charge in [-0.15, -0.1) is 6.42 Å². The number of nitrogens with one attached hydrogen (secondary N) is 2. The number of nitrogens with zero attached hydrogens (tertiary/aromatic N) is 1. The average Bonchev–Trinajstić information content (AvgIpc) is 2.92. The molecule has 0 radical (unpaired) electrons. The normalized spacial score (nSPS) is 13.5. The first kappa shape index (κ1) is 31.2. The molecule has 7 heteroatoms. The maximum Gasteiger partial charge on any atom is 0.408 e. The van der Waals surface area contributed by atoms with E-state index in [-0.39, 0.29) is 12.0 Å². The maximum absolute atomic E-state index is 14.4. The highest BCUT2D eigenvalue weighted by molar-refractivity contribution is 6.01. The Morgan fingerprint density at radius 3 is 2.20 bits per heavy atom. The Labute approximate surface area is 243 Å². The lowest BCUT2D eigenvalue weighted by Crippen LogP contribution is -2.56. The molecule has 41 heavy (non-hydrogen) atoms. The van der Waals surface area contributed by atoms with E-state index >= 15 is 0 Å². The third-order valence-corrected chi connectivity index (χ3v) is 6.88. The Morgan fingerprint density at radius 1 is 0.951 bits per heavy atom. The summed E-state index contributed by atoms with van der Waals surface area (Å²) in [5.41, 5.74) is 0.898. The Kier molecular flexibility index (Phi) is 10.2. The summed E-state index contributed by atoms with van der Waals surface area (Å²) in [5.74, 6) is 1.58. The molecule has 0 aliphatic heterocycles. The van der Waals surface area contributed by atoms with Crippen LogP contribution in [0, 0.1) is 18.3 Å². The summed E-state index contributed by atoms with van der Waals surface area (Å²) >= 11 is 0. The predicted octanol–water partition coefficient (Wildman–Crippen LogP) is 6.68. The molecular weight excluding hydrogens is 514 g/mol. The van der Waals surface area contributed by atoms with Gasteiger partial charge in [0.15, 0.2) is 0 Å². The van der Waals surface area contributed by atoms with Gasteiger partial charge in [0, 0.05) is 17.3 Å². The molecule has 3 unspecified atom stereocenters. The lowest BCUT2D eigenvalue weighted by atomic mass is 9.94. The van der Waals surface area contributed by atoms with Crippen molar-refractivity contribution < 1.29 is 19.1 Å². The van der Waals surface area contributed by atoms with Gasteiger partial charge in [0.05, 0.1) is 0 Å². The molecule has 3 rings (SSSR count). The third-order valence-electron chi connectivity index (χ3n) is 6.88. The van der Waals surface area contributed by atoms with E-state index < -0.39 is 35.6 Å². The number of carbonyl (C=O) groups is 3. The van der Waals surface area contributed by atoms with E-state index in [9.17, 15) is 14.4 Å². The minimum Gasteiger partial charge on any atom is -0.444 e. The van der Waals surface area contributed by atoms with Crippen molar-refractivity contribution in [3.8, 4) is 12.3 Å². The quantitative estimate of drug-likeness (QED) is 0.289. The van der Waals surface area contributed by atoms with E-state index in [0.717, 1.165) is 10.8 Å². The summed E-state index contributed by atoms with van der Waals surface area (Å²) < 4.78 is 5.45. The molecule has 0 aromatic heterocycles. The molecule has 3 amide bonds. The first-order valence-corrected chi connectivity index (χ1v) is 14.0. The fourth-order valence-electron chi connectivity index (χ4n) is 4.67. The van der Waals surface area contributed by atoms with Gasteiger partial charge in [-0.05, 0) is 74.6 Å². The molecule has 0 saturated heterocycles. The van der Waals surface area contributed by atoms with E-state index in [4.69, 9.17) is 11.2 Å². The molecule has 0 heterocycles. The number of benzene rings is 3. The van der Waals surface area contributed by atoms with Crippen molar-refractivity contribution in [1.29, 1.82) is 0 Å². The molecule has 0 aliphatic rings. The highest BCUT2D eigenvalue weighted by atomic mass is 16.6. The van der Waals surface area contributed by atoms with E-state index in [1.807, 2.05) is 70.2 Å². The average molecular weight is 556 g/mol. The van der Waals surface area contributed by atoms with Crippen LogP contribution in [0.3, 0.4) is 0 Å². The minimum absolute atomic E-state index is 0.284. The second kappa shape index (κ2) is 13.4. The molecule has 3 aromatic rings. The number of terminal acetylenes is 1. The summed E-state index contributed by atoms with van der Waals surface area (Å²) in [6.07, 6.45) is 5.73.